The first-order chi connectivity index (χ1) is 7.13. The normalized spacial score (nSPS) is 12.2. The Morgan fingerprint density at radius 2 is 2.33 bits per heavy atom. The van der Waals surface area contributed by atoms with Crippen LogP contribution in [0.15, 0.2) is 24.3 Å². The van der Waals surface area contributed by atoms with Crippen LogP contribution in [0.3, 0.4) is 0 Å². The van der Waals surface area contributed by atoms with E-state index in [0.29, 0.717) is 11.6 Å². The quantitative estimate of drug-likeness (QED) is 0.803. The number of halogens is 1. The summed E-state index contributed by atoms with van der Waals surface area (Å²) in [5.74, 6) is -0.287. The molecular formula is C11H14ClNO2. The van der Waals surface area contributed by atoms with E-state index in [1.165, 1.54) is 0 Å². The Morgan fingerprint density at radius 3 is 2.93 bits per heavy atom. The lowest BCUT2D eigenvalue weighted by Crippen LogP contribution is -2.17. The smallest absolute Gasteiger partial charge is 0.307 e. The molecule has 0 heterocycles. The maximum absolute atomic E-state index is 11.2. The van der Waals surface area contributed by atoms with Gasteiger partial charge >= 0.3 is 5.97 Å². The summed E-state index contributed by atoms with van der Waals surface area (Å²) in [5, 5.41) is 0.617. The molecule has 82 valence electrons. The van der Waals surface area contributed by atoms with E-state index in [4.69, 9.17) is 22.1 Å². The highest BCUT2D eigenvalue weighted by atomic mass is 35.5. The third-order valence-electron chi connectivity index (χ3n) is 1.97. The highest BCUT2D eigenvalue weighted by molar-refractivity contribution is 6.30. The zero-order valence-electron chi connectivity index (χ0n) is 8.57. The van der Waals surface area contributed by atoms with Crippen LogP contribution in [0, 0.1) is 0 Å². The van der Waals surface area contributed by atoms with Gasteiger partial charge in [0.25, 0.3) is 0 Å². The fraction of sp³-hybridized carbons (Fsp3) is 0.364. The van der Waals surface area contributed by atoms with Gasteiger partial charge in [-0.3, -0.25) is 4.79 Å². The third kappa shape index (κ3) is 3.90. The lowest BCUT2D eigenvalue weighted by Gasteiger charge is -2.11. The minimum atomic E-state index is -0.359. The van der Waals surface area contributed by atoms with Gasteiger partial charge in [0, 0.05) is 11.1 Å². The summed E-state index contributed by atoms with van der Waals surface area (Å²) < 4.78 is 4.81. The van der Waals surface area contributed by atoms with E-state index in [2.05, 4.69) is 0 Å². The van der Waals surface area contributed by atoms with Gasteiger partial charge in [0.2, 0.25) is 0 Å². The van der Waals surface area contributed by atoms with Gasteiger partial charge in [-0.05, 0) is 24.6 Å². The van der Waals surface area contributed by atoms with Crippen LogP contribution in [0.4, 0.5) is 0 Å². The topological polar surface area (TPSA) is 52.3 Å². The first-order valence-corrected chi connectivity index (χ1v) is 5.18. The SMILES string of the molecule is CCOC(=O)CC(N)c1cccc(Cl)c1. The highest BCUT2D eigenvalue weighted by Crippen LogP contribution is 2.18. The highest BCUT2D eigenvalue weighted by Gasteiger charge is 2.12. The fourth-order valence-electron chi connectivity index (χ4n) is 1.25. The molecule has 1 atom stereocenters. The first-order valence-electron chi connectivity index (χ1n) is 4.80. The van der Waals surface area contributed by atoms with Crippen LogP contribution in [-0.4, -0.2) is 12.6 Å². The van der Waals surface area contributed by atoms with Crippen LogP contribution in [-0.2, 0) is 9.53 Å². The molecular weight excluding hydrogens is 214 g/mol. The maximum Gasteiger partial charge on any atom is 0.307 e. The number of carbonyl (C=O) groups is 1. The molecule has 0 saturated heterocycles. The Balaban J connectivity index is 2.60. The van der Waals surface area contributed by atoms with Crippen molar-refractivity contribution < 1.29 is 9.53 Å². The maximum atomic E-state index is 11.2. The van der Waals surface area contributed by atoms with Gasteiger partial charge in [0.15, 0.2) is 0 Å². The van der Waals surface area contributed by atoms with Crippen molar-refractivity contribution in [2.45, 2.75) is 19.4 Å². The number of ether oxygens (including phenoxy) is 1. The summed E-state index contributed by atoms with van der Waals surface area (Å²) in [6.45, 7) is 2.14. The van der Waals surface area contributed by atoms with Crippen LogP contribution < -0.4 is 5.73 Å². The van der Waals surface area contributed by atoms with Crippen molar-refractivity contribution in [3.05, 3.63) is 34.9 Å². The molecule has 0 radical (unpaired) electrons. The molecule has 4 heteroatoms. The lowest BCUT2D eigenvalue weighted by molar-refractivity contribution is -0.143. The molecule has 15 heavy (non-hydrogen) atoms. The van der Waals surface area contributed by atoms with Crippen molar-refractivity contribution in [2.75, 3.05) is 6.61 Å². The van der Waals surface area contributed by atoms with Crippen LogP contribution in [0.5, 0.6) is 0 Å². The average Bonchev–Trinajstić information content (AvgIpc) is 2.18. The zero-order chi connectivity index (χ0) is 11.3. The standard InChI is InChI=1S/C11H14ClNO2/c1-2-15-11(14)7-10(13)8-4-3-5-9(12)6-8/h3-6,10H,2,7,13H2,1H3. The summed E-state index contributed by atoms with van der Waals surface area (Å²) in [7, 11) is 0. The second-order valence-corrected chi connectivity index (χ2v) is 3.61. The van der Waals surface area contributed by atoms with Crippen LogP contribution in [0.2, 0.25) is 5.02 Å². The van der Waals surface area contributed by atoms with Gasteiger partial charge in [-0.1, -0.05) is 23.7 Å². The minimum Gasteiger partial charge on any atom is -0.466 e. The molecule has 1 aromatic rings. The van der Waals surface area contributed by atoms with E-state index >= 15 is 0 Å². The largest absolute Gasteiger partial charge is 0.466 e. The molecule has 0 spiro atoms. The molecule has 0 bridgehead atoms. The molecule has 0 aliphatic rings. The molecule has 0 fully saturated rings. The Labute approximate surface area is 94.2 Å². The van der Waals surface area contributed by atoms with E-state index in [1.54, 1.807) is 19.1 Å². The Bertz CT molecular complexity index is 341. The van der Waals surface area contributed by atoms with E-state index in [-0.39, 0.29) is 18.4 Å². The van der Waals surface area contributed by atoms with Crippen LogP contribution >= 0.6 is 11.6 Å². The number of hydrogen-bond donors (Lipinski definition) is 1. The van der Waals surface area contributed by atoms with Gasteiger partial charge in [0.1, 0.15) is 0 Å². The Hall–Kier alpha value is -1.06. The molecule has 0 saturated carbocycles. The van der Waals surface area contributed by atoms with Gasteiger partial charge in [0.05, 0.1) is 13.0 Å². The third-order valence-corrected chi connectivity index (χ3v) is 2.20. The summed E-state index contributed by atoms with van der Waals surface area (Å²) in [4.78, 5) is 11.2. The van der Waals surface area contributed by atoms with Crippen molar-refractivity contribution >= 4 is 17.6 Å². The number of carbonyl (C=O) groups excluding carboxylic acids is 1. The predicted octanol–water partition coefficient (Wildman–Crippen LogP) is 2.29. The van der Waals surface area contributed by atoms with Crippen molar-refractivity contribution in [3.63, 3.8) is 0 Å². The van der Waals surface area contributed by atoms with Gasteiger partial charge in [-0.25, -0.2) is 0 Å². The number of nitrogens with two attached hydrogens (primary N) is 1. The van der Waals surface area contributed by atoms with Crippen LogP contribution in [0.1, 0.15) is 24.9 Å². The number of esters is 1. The van der Waals surface area contributed by atoms with E-state index in [0.717, 1.165) is 5.56 Å². The Kier molecular flexibility index (Phi) is 4.59. The predicted molar refractivity (Wildman–Crippen MR) is 59.6 cm³/mol. The second kappa shape index (κ2) is 5.73. The van der Waals surface area contributed by atoms with Gasteiger partial charge in [-0.2, -0.15) is 0 Å². The molecule has 1 unspecified atom stereocenters. The van der Waals surface area contributed by atoms with Crippen molar-refractivity contribution in [2.24, 2.45) is 5.73 Å². The van der Waals surface area contributed by atoms with Crippen molar-refractivity contribution in [3.8, 4) is 0 Å². The average molecular weight is 228 g/mol. The summed E-state index contributed by atoms with van der Waals surface area (Å²) in [5.41, 5.74) is 6.68. The molecule has 0 amide bonds. The van der Waals surface area contributed by atoms with Crippen molar-refractivity contribution in [1.29, 1.82) is 0 Å². The van der Waals surface area contributed by atoms with E-state index in [9.17, 15) is 4.79 Å². The molecule has 0 aliphatic heterocycles. The molecule has 3 nitrogen and oxygen atoms in total. The molecule has 1 aromatic carbocycles. The molecule has 1 rings (SSSR count). The monoisotopic (exact) mass is 227 g/mol. The molecule has 2 N–H and O–H groups in total. The molecule has 0 aromatic heterocycles. The van der Waals surface area contributed by atoms with Crippen molar-refractivity contribution in [1.82, 2.24) is 0 Å². The van der Waals surface area contributed by atoms with Gasteiger partial charge in [-0.15, -0.1) is 0 Å². The minimum absolute atomic E-state index is 0.175. The Morgan fingerprint density at radius 1 is 1.60 bits per heavy atom. The summed E-state index contributed by atoms with van der Waals surface area (Å²) in [6.07, 6.45) is 0.175. The van der Waals surface area contributed by atoms with E-state index < -0.39 is 0 Å². The summed E-state index contributed by atoms with van der Waals surface area (Å²) >= 11 is 5.81. The fourth-order valence-corrected chi connectivity index (χ4v) is 1.45. The zero-order valence-corrected chi connectivity index (χ0v) is 9.33. The number of rotatable bonds is 4. The van der Waals surface area contributed by atoms with Gasteiger partial charge < -0.3 is 10.5 Å². The molecule has 0 aliphatic carbocycles. The first kappa shape index (κ1) is 12.0. The van der Waals surface area contributed by atoms with Crippen LogP contribution in [0.25, 0.3) is 0 Å². The lowest BCUT2D eigenvalue weighted by atomic mass is 10.1. The van der Waals surface area contributed by atoms with E-state index in [1.807, 2.05) is 12.1 Å². The number of hydrogen-bond acceptors (Lipinski definition) is 3. The number of benzene rings is 1. The summed E-state index contributed by atoms with van der Waals surface area (Å²) in [6, 6.07) is 6.81. The second-order valence-electron chi connectivity index (χ2n) is 3.17.